The zero-order valence-electron chi connectivity index (χ0n) is 10.6. The molecular formula is C14H19FN2O. The zero-order chi connectivity index (χ0) is 13.1. The van der Waals surface area contributed by atoms with Gasteiger partial charge < -0.3 is 11.1 Å². The molecule has 98 valence electrons. The lowest BCUT2D eigenvalue weighted by molar-refractivity contribution is 0.0942. The molecule has 1 aromatic rings. The summed E-state index contributed by atoms with van der Waals surface area (Å²) in [4.78, 5) is 11.8. The Kier molecular flexibility index (Phi) is 3.97. The van der Waals surface area contributed by atoms with Gasteiger partial charge in [-0.05, 0) is 43.4 Å². The van der Waals surface area contributed by atoms with Crippen LogP contribution in [0.3, 0.4) is 0 Å². The molecule has 1 aliphatic carbocycles. The van der Waals surface area contributed by atoms with Crippen molar-refractivity contribution in [1.82, 2.24) is 5.32 Å². The van der Waals surface area contributed by atoms with E-state index in [4.69, 9.17) is 5.73 Å². The molecule has 1 aliphatic rings. The Balaban J connectivity index is 1.95. The zero-order valence-corrected chi connectivity index (χ0v) is 10.6. The van der Waals surface area contributed by atoms with Crippen LogP contribution in [0.25, 0.3) is 0 Å². The molecule has 4 heteroatoms. The van der Waals surface area contributed by atoms with Crippen molar-refractivity contribution in [3.8, 4) is 0 Å². The van der Waals surface area contributed by atoms with Gasteiger partial charge in [-0.3, -0.25) is 4.79 Å². The van der Waals surface area contributed by atoms with Gasteiger partial charge in [0.2, 0.25) is 0 Å². The molecule has 2 atom stereocenters. The first kappa shape index (κ1) is 13.0. The highest BCUT2D eigenvalue weighted by atomic mass is 19.1. The van der Waals surface area contributed by atoms with Crippen LogP contribution >= 0.6 is 0 Å². The van der Waals surface area contributed by atoms with Crippen LogP contribution in [0, 0.1) is 18.7 Å². The molecule has 0 radical (unpaired) electrons. The van der Waals surface area contributed by atoms with Crippen molar-refractivity contribution < 1.29 is 9.18 Å². The summed E-state index contributed by atoms with van der Waals surface area (Å²) in [6.07, 6.45) is 3.16. The van der Waals surface area contributed by atoms with Gasteiger partial charge in [0.05, 0.1) is 5.56 Å². The van der Waals surface area contributed by atoms with Crippen LogP contribution in [0.2, 0.25) is 0 Å². The molecule has 0 heterocycles. The molecule has 1 aromatic carbocycles. The third kappa shape index (κ3) is 2.88. The van der Waals surface area contributed by atoms with E-state index in [1.807, 2.05) is 0 Å². The number of hydrogen-bond donors (Lipinski definition) is 2. The van der Waals surface area contributed by atoms with Crippen LogP contribution in [0.5, 0.6) is 0 Å². The summed E-state index contributed by atoms with van der Waals surface area (Å²) in [6.45, 7) is 2.33. The van der Waals surface area contributed by atoms with E-state index in [0.29, 0.717) is 12.5 Å². The average Bonchev–Trinajstić information content (AvgIpc) is 2.72. The number of rotatable bonds is 3. The maximum atomic E-state index is 13.6. The molecule has 1 fully saturated rings. The number of halogens is 1. The van der Waals surface area contributed by atoms with Gasteiger partial charge in [-0.1, -0.05) is 12.5 Å². The first-order chi connectivity index (χ1) is 8.58. The molecular weight excluding hydrogens is 231 g/mol. The van der Waals surface area contributed by atoms with Gasteiger partial charge in [0.1, 0.15) is 5.82 Å². The molecule has 3 nitrogen and oxygen atoms in total. The number of amides is 1. The van der Waals surface area contributed by atoms with Crippen molar-refractivity contribution in [2.24, 2.45) is 11.7 Å². The minimum atomic E-state index is -0.469. The van der Waals surface area contributed by atoms with E-state index in [0.717, 1.165) is 24.8 Å². The summed E-state index contributed by atoms with van der Waals surface area (Å²) in [7, 11) is 0. The SMILES string of the molecule is Cc1ccc(C(=O)NCC2CCCC2N)c(F)c1. The Bertz CT molecular complexity index is 447. The Morgan fingerprint density at radius 1 is 1.50 bits per heavy atom. The molecule has 0 saturated heterocycles. The molecule has 1 amide bonds. The van der Waals surface area contributed by atoms with Crippen molar-refractivity contribution in [2.75, 3.05) is 6.54 Å². The number of benzene rings is 1. The molecule has 3 N–H and O–H groups in total. The topological polar surface area (TPSA) is 55.1 Å². The summed E-state index contributed by atoms with van der Waals surface area (Å²) < 4.78 is 13.6. The first-order valence-corrected chi connectivity index (χ1v) is 6.38. The van der Waals surface area contributed by atoms with Crippen LogP contribution in [-0.2, 0) is 0 Å². The van der Waals surface area contributed by atoms with Gasteiger partial charge in [0, 0.05) is 12.6 Å². The molecule has 0 spiro atoms. The Morgan fingerprint density at radius 3 is 2.89 bits per heavy atom. The van der Waals surface area contributed by atoms with E-state index < -0.39 is 5.82 Å². The highest BCUT2D eigenvalue weighted by Crippen LogP contribution is 2.23. The second-order valence-corrected chi connectivity index (χ2v) is 5.05. The Labute approximate surface area is 107 Å². The maximum absolute atomic E-state index is 13.6. The fraction of sp³-hybridized carbons (Fsp3) is 0.500. The van der Waals surface area contributed by atoms with E-state index in [1.165, 1.54) is 12.1 Å². The van der Waals surface area contributed by atoms with Crippen LogP contribution in [0.4, 0.5) is 4.39 Å². The monoisotopic (exact) mass is 250 g/mol. The van der Waals surface area contributed by atoms with E-state index in [1.54, 1.807) is 13.0 Å². The van der Waals surface area contributed by atoms with Gasteiger partial charge in [-0.15, -0.1) is 0 Å². The van der Waals surface area contributed by atoms with Crippen molar-refractivity contribution >= 4 is 5.91 Å². The van der Waals surface area contributed by atoms with Gasteiger partial charge in [0.25, 0.3) is 5.91 Å². The first-order valence-electron chi connectivity index (χ1n) is 6.38. The number of aryl methyl sites for hydroxylation is 1. The minimum Gasteiger partial charge on any atom is -0.352 e. The molecule has 1 saturated carbocycles. The van der Waals surface area contributed by atoms with Gasteiger partial charge >= 0.3 is 0 Å². The Hall–Kier alpha value is -1.42. The lowest BCUT2D eigenvalue weighted by Gasteiger charge is -2.16. The highest BCUT2D eigenvalue weighted by Gasteiger charge is 2.24. The molecule has 0 bridgehead atoms. The average molecular weight is 250 g/mol. The predicted octanol–water partition coefficient (Wildman–Crippen LogP) is 1.99. The molecule has 2 rings (SSSR count). The van der Waals surface area contributed by atoms with Gasteiger partial charge in [-0.2, -0.15) is 0 Å². The lowest BCUT2D eigenvalue weighted by Crippen LogP contribution is -2.36. The second-order valence-electron chi connectivity index (χ2n) is 5.05. The molecule has 0 aromatic heterocycles. The summed E-state index contributed by atoms with van der Waals surface area (Å²) in [6, 6.07) is 4.79. The fourth-order valence-corrected chi connectivity index (χ4v) is 2.44. The largest absolute Gasteiger partial charge is 0.352 e. The number of carbonyl (C=O) groups excluding carboxylic acids is 1. The smallest absolute Gasteiger partial charge is 0.254 e. The van der Waals surface area contributed by atoms with Crippen molar-refractivity contribution in [3.63, 3.8) is 0 Å². The second kappa shape index (κ2) is 5.48. The van der Waals surface area contributed by atoms with Crippen LogP contribution in [-0.4, -0.2) is 18.5 Å². The summed E-state index contributed by atoms with van der Waals surface area (Å²) in [5.41, 5.74) is 6.84. The van der Waals surface area contributed by atoms with Gasteiger partial charge in [-0.25, -0.2) is 4.39 Å². The fourth-order valence-electron chi connectivity index (χ4n) is 2.44. The number of nitrogens with two attached hydrogens (primary N) is 1. The van der Waals surface area contributed by atoms with E-state index in [-0.39, 0.29) is 17.5 Å². The molecule has 2 unspecified atom stereocenters. The van der Waals surface area contributed by atoms with Crippen molar-refractivity contribution in [1.29, 1.82) is 0 Å². The van der Waals surface area contributed by atoms with Crippen molar-refractivity contribution in [3.05, 3.63) is 35.1 Å². The summed E-state index contributed by atoms with van der Waals surface area (Å²) in [5.74, 6) is -0.503. The van der Waals surface area contributed by atoms with Crippen LogP contribution < -0.4 is 11.1 Å². The minimum absolute atomic E-state index is 0.104. The normalized spacial score (nSPS) is 23.1. The lowest BCUT2D eigenvalue weighted by atomic mass is 10.0. The quantitative estimate of drug-likeness (QED) is 0.862. The third-order valence-corrected chi connectivity index (χ3v) is 3.61. The maximum Gasteiger partial charge on any atom is 0.254 e. The number of carbonyl (C=O) groups is 1. The Morgan fingerprint density at radius 2 is 2.28 bits per heavy atom. The standard InChI is InChI=1S/C14H19FN2O/c1-9-5-6-11(12(15)7-9)14(18)17-8-10-3-2-4-13(10)16/h5-7,10,13H,2-4,8,16H2,1H3,(H,17,18). The number of hydrogen-bond acceptors (Lipinski definition) is 2. The van der Waals surface area contributed by atoms with Crippen LogP contribution in [0.1, 0.15) is 35.2 Å². The summed E-state index contributed by atoms with van der Waals surface area (Å²) in [5, 5.41) is 2.77. The van der Waals surface area contributed by atoms with Gasteiger partial charge in [0.15, 0.2) is 0 Å². The third-order valence-electron chi connectivity index (χ3n) is 3.61. The molecule has 18 heavy (non-hydrogen) atoms. The van der Waals surface area contributed by atoms with E-state index >= 15 is 0 Å². The summed E-state index contributed by atoms with van der Waals surface area (Å²) >= 11 is 0. The molecule has 0 aliphatic heterocycles. The van der Waals surface area contributed by atoms with E-state index in [2.05, 4.69) is 5.32 Å². The van der Waals surface area contributed by atoms with Crippen LogP contribution in [0.15, 0.2) is 18.2 Å². The predicted molar refractivity (Wildman–Crippen MR) is 68.8 cm³/mol. The van der Waals surface area contributed by atoms with Crippen molar-refractivity contribution in [2.45, 2.75) is 32.2 Å². The van der Waals surface area contributed by atoms with E-state index in [9.17, 15) is 9.18 Å². The number of nitrogens with one attached hydrogen (secondary N) is 1. The highest BCUT2D eigenvalue weighted by molar-refractivity contribution is 5.94.